The molecule has 0 unspecified atom stereocenters. The van der Waals surface area contributed by atoms with Gasteiger partial charge in [0.25, 0.3) is 0 Å². The molecular weight excluding hydrogens is 269 g/mol. The van der Waals surface area contributed by atoms with Crippen molar-refractivity contribution in [2.45, 2.75) is 20.0 Å². The normalized spacial score (nSPS) is 11.4. The summed E-state index contributed by atoms with van der Waals surface area (Å²) in [5, 5.41) is 2.61. The summed E-state index contributed by atoms with van der Waals surface area (Å²) in [4.78, 5) is 11.5. The van der Waals surface area contributed by atoms with Crippen molar-refractivity contribution >= 4 is 5.69 Å². The molecule has 2 aromatic heterocycles. The number of anilines is 1. The van der Waals surface area contributed by atoms with Gasteiger partial charge in [-0.25, -0.2) is 9.97 Å². The Kier molecular flexibility index (Phi) is 3.87. The molecule has 4 nitrogen and oxygen atoms in total. The van der Waals surface area contributed by atoms with Gasteiger partial charge in [-0.05, 0) is 25.5 Å². The zero-order valence-corrected chi connectivity index (χ0v) is 11.0. The highest BCUT2D eigenvalue weighted by atomic mass is 19.4. The van der Waals surface area contributed by atoms with Gasteiger partial charge >= 0.3 is 6.18 Å². The fraction of sp³-hybridized carbons (Fsp3) is 0.308. The number of hydrogen-bond donors (Lipinski definition) is 1. The summed E-state index contributed by atoms with van der Waals surface area (Å²) in [6, 6.07) is 1.69. The summed E-state index contributed by atoms with van der Waals surface area (Å²) in [5.41, 5.74) is 0.198. The van der Waals surface area contributed by atoms with E-state index < -0.39 is 11.9 Å². The van der Waals surface area contributed by atoms with E-state index in [2.05, 4.69) is 20.3 Å². The second-order valence-electron chi connectivity index (χ2n) is 4.23. The Labute approximate surface area is 114 Å². The Morgan fingerprint density at radius 3 is 2.55 bits per heavy atom. The van der Waals surface area contributed by atoms with Crippen LogP contribution in [0.15, 0.2) is 24.7 Å². The van der Waals surface area contributed by atoms with Crippen molar-refractivity contribution in [2.24, 2.45) is 0 Å². The maximum Gasteiger partial charge on any atom is 0.435 e. The van der Waals surface area contributed by atoms with Gasteiger partial charge in [-0.3, -0.25) is 4.98 Å². The lowest BCUT2D eigenvalue weighted by molar-refractivity contribution is -0.140. The third kappa shape index (κ3) is 3.04. The largest absolute Gasteiger partial charge is 0.435 e. The first kappa shape index (κ1) is 14.2. The molecule has 0 aromatic carbocycles. The number of halogens is 3. The number of aryl methyl sites for hydroxylation is 1. The second kappa shape index (κ2) is 5.44. The number of aromatic nitrogens is 3. The second-order valence-corrected chi connectivity index (χ2v) is 4.23. The van der Waals surface area contributed by atoms with E-state index in [4.69, 9.17) is 0 Å². The highest BCUT2D eigenvalue weighted by Gasteiger charge is 2.36. The topological polar surface area (TPSA) is 50.7 Å². The molecule has 0 saturated carbocycles. The number of hydrogen-bond acceptors (Lipinski definition) is 4. The summed E-state index contributed by atoms with van der Waals surface area (Å²) in [7, 11) is 0. The fourth-order valence-electron chi connectivity index (χ4n) is 1.73. The zero-order chi connectivity index (χ0) is 14.8. The van der Waals surface area contributed by atoms with Crippen LogP contribution in [0.5, 0.6) is 0 Å². The minimum Gasteiger partial charge on any atom is -0.382 e. The molecule has 106 valence electrons. The third-order valence-electron chi connectivity index (χ3n) is 2.56. The Hall–Kier alpha value is -2.18. The number of alkyl halides is 3. The molecule has 20 heavy (non-hydrogen) atoms. The van der Waals surface area contributed by atoms with E-state index in [-0.39, 0.29) is 11.5 Å². The predicted molar refractivity (Wildman–Crippen MR) is 69.2 cm³/mol. The van der Waals surface area contributed by atoms with E-state index in [1.165, 1.54) is 6.20 Å². The van der Waals surface area contributed by atoms with Gasteiger partial charge in [0.05, 0.1) is 11.9 Å². The lowest BCUT2D eigenvalue weighted by atomic mass is 10.2. The van der Waals surface area contributed by atoms with Gasteiger partial charge in [0, 0.05) is 24.5 Å². The molecule has 0 saturated heterocycles. The molecule has 0 fully saturated rings. The van der Waals surface area contributed by atoms with Crippen molar-refractivity contribution in [3.05, 3.63) is 35.9 Å². The van der Waals surface area contributed by atoms with Crippen molar-refractivity contribution in [3.63, 3.8) is 0 Å². The first-order valence-electron chi connectivity index (χ1n) is 6.02. The minimum absolute atomic E-state index is 0.00942. The van der Waals surface area contributed by atoms with Crippen molar-refractivity contribution < 1.29 is 13.2 Å². The van der Waals surface area contributed by atoms with Gasteiger partial charge in [-0.2, -0.15) is 13.2 Å². The molecule has 2 aromatic rings. The quantitative estimate of drug-likeness (QED) is 0.938. The van der Waals surface area contributed by atoms with Gasteiger partial charge in [-0.15, -0.1) is 0 Å². The van der Waals surface area contributed by atoms with Crippen LogP contribution in [0.4, 0.5) is 18.9 Å². The van der Waals surface area contributed by atoms with Crippen molar-refractivity contribution in [1.29, 1.82) is 0 Å². The van der Waals surface area contributed by atoms with Gasteiger partial charge in [0.2, 0.25) is 0 Å². The van der Waals surface area contributed by atoms with Crippen LogP contribution in [0.3, 0.4) is 0 Å². The molecule has 7 heteroatoms. The smallest absolute Gasteiger partial charge is 0.382 e. The average molecular weight is 282 g/mol. The van der Waals surface area contributed by atoms with E-state index >= 15 is 0 Å². The monoisotopic (exact) mass is 282 g/mol. The molecule has 1 N–H and O–H groups in total. The molecule has 0 aliphatic heterocycles. The summed E-state index contributed by atoms with van der Waals surface area (Å²) < 4.78 is 39.0. The average Bonchev–Trinajstić information content (AvgIpc) is 2.38. The van der Waals surface area contributed by atoms with Crippen molar-refractivity contribution in [1.82, 2.24) is 15.0 Å². The Bertz CT molecular complexity index is 611. The Balaban J connectivity index is 2.52. The third-order valence-corrected chi connectivity index (χ3v) is 2.56. The lowest BCUT2D eigenvalue weighted by Gasteiger charge is -2.13. The Morgan fingerprint density at radius 1 is 1.20 bits per heavy atom. The molecular formula is C13H13F3N4. The summed E-state index contributed by atoms with van der Waals surface area (Å²) in [6.45, 7) is 3.87. The van der Waals surface area contributed by atoms with Crippen LogP contribution in [0.2, 0.25) is 0 Å². The van der Waals surface area contributed by atoms with Crippen molar-refractivity contribution in [2.75, 3.05) is 11.9 Å². The molecule has 2 heterocycles. The first-order valence-corrected chi connectivity index (χ1v) is 6.02. The van der Waals surface area contributed by atoms with Crippen LogP contribution in [-0.2, 0) is 6.18 Å². The molecule has 0 bridgehead atoms. The summed E-state index contributed by atoms with van der Waals surface area (Å²) >= 11 is 0. The van der Waals surface area contributed by atoms with Gasteiger partial charge in [0.15, 0.2) is 11.5 Å². The SMILES string of the molecule is CCNc1cnc(-c2cncc(C)c2)nc1C(F)(F)F. The maximum absolute atomic E-state index is 13.0. The Morgan fingerprint density at radius 2 is 1.95 bits per heavy atom. The van der Waals surface area contributed by atoms with E-state index in [1.807, 2.05) is 0 Å². The van der Waals surface area contributed by atoms with Crippen LogP contribution in [0, 0.1) is 6.92 Å². The predicted octanol–water partition coefficient (Wildman–Crippen LogP) is 3.30. The van der Waals surface area contributed by atoms with Crippen molar-refractivity contribution in [3.8, 4) is 11.4 Å². The van der Waals surface area contributed by atoms with E-state index in [9.17, 15) is 13.2 Å². The molecule has 2 rings (SSSR count). The highest BCUT2D eigenvalue weighted by molar-refractivity contribution is 5.58. The van der Waals surface area contributed by atoms with E-state index in [0.717, 1.165) is 11.8 Å². The van der Waals surface area contributed by atoms with Crippen LogP contribution in [0.25, 0.3) is 11.4 Å². The molecule has 0 aliphatic carbocycles. The van der Waals surface area contributed by atoms with E-state index in [1.54, 1.807) is 26.1 Å². The van der Waals surface area contributed by atoms with Crippen LogP contribution in [-0.4, -0.2) is 21.5 Å². The summed E-state index contributed by atoms with van der Waals surface area (Å²) in [5.74, 6) is 0.00942. The maximum atomic E-state index is 13.0. The van der Waals surface area contributed by atoms with Crippen LogP contribution in [0.1, 0.15) is 18.2 Å². The van der Waals surface area contributed by atoms with Gasteiger partial charge in [0.1, 0.15) is 0 Å². The van der Waals surface area contributed by atoms with Gasteiger partial charge < -0.3 is 5.32 Å². The lowest BCUT2D eigenvalue weighted by Crippen LogP contribution is -2.14. The molecule has 0 atom stereocenters. The summed E-state index contributed by atoms with van der Waals surface area (Å²) in [6.07, 6.45) is -0.333. The highest BCUT2D eigenvalue weighted by Crippen LogP contribution is 2.34. The first-order chi connectivity index (χ1) is 9.41. The van der Waals surface area contributed by atoms with Gasteiger partial charge in [-0.1, -0.05) is 0 Å². The standard InChI is InChI=1S/C13H13F3N4/c1-3-18-10-7-19-12(20-11(10)13(14,15)16)9-4-8(2)5-17-6-9/h4-7,18H,3H2,1-2H3. The van der Waals surface area contributed by atoms with E-state index in [0.29, 0.717) is 12.1 Å². The number of nitrogens with zero attached hydrogens (tertiary/aromatic N) is 3. The molecule has 0 spiro atoms. The van der Waals surface area contributed by atoms with Crippen LogP contribution >= 0.6 is 0 Å². The number of rotatable bonds is 3. The number of pyridine rings is 1. The fourth-order valence-corrected chi connectivity index (χ4v) is 1.73. The molecule has 0 amide bonds. The molecule has 0 aliphatic rings. The molecule has 0 radical (unpaired) electrons. The minimum atomic E-state index is -4.54. The zero-order valence-electron chi connectivity index (χ0n) is 11.0. The number of nitrogens with one attached hydrogen (secondary N) is 1. The van der Waals surface area contributed by atoms with Crippen LogP contribution < -0.4 is 5.32 Å².